The average Bonchev–Trinajstić information content (AvgIpc) is 2.53. The second-order valence-electron chi connectivity index (χ2n) is 6.05. The Balaban J connectivity index is 3.28. The van der Waals surface area contributed by atoms with Gasteiger partial charge in [0.1, 0.15) is 0 Å². The van der Waals surface area contributed by atoms with E-state index >= 15 is 0 Å². The van der Waals surface area contributed by atoms with Crippen LogP contribution >= 0.6 is 0 Å². The fourth-order valence-corrected chi connectivity index (χ4v) is 2.43. The summed E-state index contributed by atoms with van der Waals surface area (Å²) in [6.07, 6.45) is 17.5. The predicted octanol–water partition coefficient (Wildman–Crippen LogP) is 4.50. The number of hydrogen-bond donors (Lipinski definition) is 3. The summed E-state index contributed by atoms with van der Waals surface area (Å²) in [6, 6.07) is 0. The number of amides is 1. The summed E-state index contributed by atoms with van der Waals surface area (Å²) < 4.78 is 0. The molecule has 1 amide bonds. The number of rotatable bonds is 15. The smallest absolute Gasteiger partial charge is 0.243 e. The quantitative estimate of drug-likeness (QED) is 0.180. The zero-order valence-corrected chi connectivity index (χ0v) is 14.2. The summed E-state index contributed by atoms with van der Waals surface area (Å²) in [5.41, 5.74) is 1.65. The van der Waals surface area contributed by atoms with Crippen LogP contribution in [0, 0.1) is 0 Å². The topological polar surface area (TPSA) is 69.6 Å². The minimum Gasteiger partial charge on any atom is -0.393 e. The Bertz CT molecular complexity index is 280. The monoisotopic (exact) mass is 313 g/mol. The van der Waals surface area contributed by atoms with E-state index < -0.39 is 0 Å². The number of aliphatic hydroxyl groups is 1. The van der Waals surface area contributed by atoms with Crippen molar-refractivity contribution in [1.82, 2.24) is 5.48 Å². The van der Waals surface area contributed by atoms with Gasteiger partial charge in [-0.3, -0.25) is 10.0 Å². The van der Waals surface area contributed by atoms with Gasteiger partial charge >= 0.3 is 0 Å². The summed E-state index contributed by atoms with van der Waals surface area (Å²) in [5, 5.41) is 18.2. The molecule has 0 aliphatic carbocycles. The molecule has 0 bridgehead atoms. The van der Waals surface area contributed by atoms with Crippen molar-refractivity contribution in [3.05, 3.63) is 12.2 Å². The van der Waals surface area contributed by atoms with Gasteiger partial charge in [0.05, 0.1) is 6.10 Å². The van der Waals surface area contributed by atoms with Crippen molar-refractivity contribution < 1.29 is 15.1 Å². The maximum absolute atomic E-state index is 10.8. The van der Waals surface area contributed by atoms with Gasteiger partial charge in [-0.15, -0.1) is 0 Å². The minimum atomic E-state index is -0.295. The molecule has 0 rings (SSSR count). The van der Waals surface area contributed by atoms with E-state index in [9.17, 15) is 9.90 Å². The molecule has 22 heavy (non-hydrogen) atoms. The lowest BCUT2D eigenvalue weighted by molar-refractivity contribution is -0.129. The summed E-state index contributed by atoms with van der Waals surface area (Å²) in [6.45, 7) is 2.20. The van der Waals surface area contributed by atoms with E-state index in [-0.39, 0.29) is 12.0 Å². The first kappa shape index (κ1) is 21.1. The number of carbonyl (C=O) groups is 1. The zero-order chi connectivity index (χ0) is 16.5. The molecule has 0 aromatic heterocycles. The molecule has 3 N–H and O–H groups in total. The molecule has 0 spiro atoms. The van der Waals surface area contributed by atoms with Gasteiger partial charge in [0.25, 0.3) is 0 Å². The Morgan fingerprint density at radius 3 is 2.41 bits per heavy atom. The van der Waals surface area contributed by atoms with E-state index in [4.69, 9.17) is 5.21 Å². The molecule has 0 saturated heterocycles. The van der Waals surface area contributed by atoms with Crippen molar-refractivity contribution in [2.75, 3.05) is 0 Å². The number of carbonyl (C=O) groups excluding carboxylic acids is 1. The minimum absolute atomic E-state index is 0.175. The van der Waals surface area contributed by atoms with Crippen LogP contribution in [0.4, 0.5) is 0 Å². The lowest BCUT2D eigenvalue weighted by atomic mass is 10.1. The van der Waals surface area contributed by atoms with Crippen LogP contribution in [0.25, 0.3) is 0 Å². The SMILES string of the molecule is CCCCCC[C@H](O)C/C=C\CCCCCCCC(=O)NO. The van der Waals surface area contributed by atoms with Crippen molar-refractivity contribution in [3.63, 3.8) is 0 Å². The molecule has 0 fully saturated rings. The Kier molecular flexibility index (Phi) is 15.8. The molecule has 130 valence electrons. The second kappa shape index (κ2) is 16.5. The van der Waals surface area contributed by atoms with E-state index in [1.165, 1.54) is 25.7 Å². The maximum Gasteiger partial charge on any atom is 0.243 e. The van der Waals surface area contributed by atoms with Crippen LogP contribution in [-0.4, -0.2) is 22.3 Å². The Labute approximate surface area is 136 Å². The molecule has 0 aromatic carbocycles. The Hall–Kier alpha value is -0.870. The first-order valence-corrected chi connectivity index (χ1v) is 8.96. The highest BCUT2D eigenvalue weighted by atomic mass is 16.5. The summed E-state index contributed by atoms with van der Waals surface area (Å²) in [5.74, 6) is -0.295. The molecule has 4 nitrogen and oxygen atoms in total. The highest BCUT2D eigenvalue weighted by molar-refractivity contribution is 5.74. The standard InChI is InChI=1S/C18H35NO3/c1-2-3-4-11-14-17(20)15-12-9-7-5-6-8-10-13-16-18(21)19-22/h9,12,17,20,22H,2-8,10-11,13-16H2,1H3,(H,19,21)/b12-9-/t17-/m0/s1. The molecule has 4 heteroatoms. The number of allylic oxidation sites excluding steroid dienone is 1. The molecule has 0 aliphatic heterocycles. The molecule has 0 unspecified atom stereocenters. The van der Waals surface area contributed by atoms with Crippen LogP contribution < -0.4 is 5.48 Å². The van der Waals surface area contributed by atoms with Crippen molar-refractivity contribution >= 4 is 5.91 Å². The van der Waals surface area contributed by atoms with Crippen LogP contribution in [0.15, 0.2) is 12.2 Å². The predicted molar refractivity (Wildman–Crippen MR) is 90.8 cm³/mol. The van der Waals surface area contributed by atoms with E-state index in [0.29, 0.717) is 6.42 Å². The number of hydrogen-bond acceptors (Lipinski definition) is 3. The van der Waals surface area contributed by atoms with Gasteiger partial charge in [-0.2, -0.15) is 0 Å². The van der Waals surface area contributed by atoms with E-state index in [1.54, 1.807) is 5.48 Å². The Morgan fingerprint density at radius 2 is 1.68 bits per heavy atom. The van der Waals surface area contributed by atoms with Gasteiger partial charge in [-0.05, 0) is 32.1 Å². The summed E-state index contributed by atoms with van der Waals surface area (Å²) in [7, 11) is 0. The lowest BCUT2D eigenvalue weighted by Crippen LogP contribution is -2.17. The fourth-order valence-electron chi connectivity index (χ4n) is 2.43. The van der Waals surface area contributed by atoms with E-state index in [1.807, 2.05) is 0 Å². The molecular weight excluding hydrogens is 278 g/mol. The van der Waals surface area contributed by atoms with Crippen LogP contribution in [0.5, 0.6) is 0 Å². The van der Waals surface area contributed by atoms with Gasteiger partial charge in [-0.1, -0.05) is 64.0 Å². The van der Waals surface area contributed by atoms with Crippen LogP contribution in [0.3, 0.4) is 0 Å². The number of unbranched alkanes of at least 4 members (excludes halogenated alkanes) is 8. The van der Waals surface area contributed by atoms with Gasteiger partial charge in [0.2, 0.25) is 5.91 Å². The lowest BCUT2D eigenvalue weighted by Gasteiger charge is -2.07. The molecule has 0 saturated carbocycles. The van der Waals surface area contributed by atoms with Crippen LogP contribution in [-0.2, 0) is 4.79 Å². The molecule has 1 atom stereocenters. The van der Waals surface area contributed by atoms with Crippen molar-refractivity contribution in [2.45, 2.75) is 96.5 Å². The number of aliphatic hydroxyl groups excluding tert-OH is 1. The Morgan fingerprint density at radius 1 is 1.00 bits per heavy atom. The highest BCUT2D eigenvalue weighted by Gasteiger charge is 2.00. The second-order valence-corrected chi connectivity index (χ2v) is 6.05. The van der Waals surface area contributed by atoms with Crippen molar-refractivity contribution in [3.8, 4) is 0 Å². The largest absolute Gasteiger partial charge is 0.393 e. The zero-order valence-electron chi connectivity index (χ0n) is 14.2. The number of nitrogens with one attached hydrogen (secondary N) is 1. The third kappa shape index (κ3) is 15.5. The summed E-state index contributed by atoms with van der Waals surface area (Å²) in [4.78, 5) is 10.8. The van der Waals surface area contributed by atoms with Gasteiger partial charge in [0.15, 0.2) is 0 Å². The molecule has 0 radical (unpaired) electrons. The van der Waals surface area contributed by atoms with E-state index in [0.717, 1.165) is 51.4 Å². The summed E-state index contributed by atoms with van der Waals surface area (Å²) >= 11 is 0. The maximum atomic E-state index is 10.8. The number of hydroxylamine groups is 1. The van der Waals surface area contributed by atoms with Crippen LogP contribution in [0.1, 0.15) is 90.4 Å². The van der Waals surface area contributed by atoms with Crippen LogP contribution in [0.2, 0.25) is 0 Å². The van der Waals surface area contributed by atoms with Gasteiger partial charge in [-0.25, -0.2) is 5.48 Å². The van der Waals surface area contributed by atoms with Gasteiger partial charge in [0, 0.05) is 6.42 Å². The first-order chi connectivity index (χ1) is 10.7. The highest BCUT2D eigenvalue weighted by Crippen LogP contribution is 2.10. The fraction of sp³-hybridized carbons (Fsp3) is 0.833. The molecule has 0 heterocycles. The normalized spacial score (nSPS) is 12.7. The molecular formula is C18H35NO3. The molecule has 0 aliphatic rings. The van der Waals surface area contributed by atoms with Gasteiger partial charge < -0.3 is 5.11 Å². The third-order valence-electron chi connectivity index (χ3n) is 3.87. The van der Waals surface area contributed by atoms with Crippen molar-refractivity contribution in [1.29, 1.82) is 0 Å². The average molecular weight is 313 g/mol. The van der Waals surface area contributed by atoms with Crippen molar-refractivity contribution in [2.24, 2.45) is 0 Å². The first-order valence-electron chi connectivity index (χ1n) is 8.96. The third-order valence-corrected chi connectivity index (χ3v) is 3.87. The van der Waals surface area contributed by atoms with E-state index in [2.05, 4.69) is 19.1 Å². The molecule has 0 aromatic rings.